The van der Waals surface area contributed by atoms with Gasteiger partial charge in [0, 0.05) is 17.8 Å². The van der Waals surface area contributed by atoms with Crippen LogP contribution in [0.15, 0.2) is 24.3 Å². The first-order valence-corrected chi connectivity index (χ1v) is 4.16. The molecule has 0 spiro atoms. The molecule has 13 heavy (non-hydrogen) atoms. The summed E-state index contributed by atoms with van der Waals surface area (Å²) in [6.07, 6.45) is 0. The van der Waals surface area contributed by atoms with Crippen molar-refractivity contribution in [3.63, 3.8) is 0 Å². The highest BCUT2D eigenvalue weighted by molar-refractivity contribution is 6.30. The quantitative estimate of drug-likeness (QED) is 0.780. The van der Waals surface area contributed by atoms with E-state index in [4.69, 9.17) is 16.7 Å². The highest BCUT2D eigenvalue weighted by Gasteiger charge is 2.08. The molecule has 1 amide bonds. The van der Waals surface area contributed by atoms with Gasteiger partial charge in [0.2, 0.25) is 0 Å². The standard InChI is InChI=1S/C9H10ClNO2/c1-11(9(13)6-12)8-4-2-7(10)3-5-8/h2-5,12H,6H2,1H3. The topological polar surface area (TPSA) is 40.5 Å². The third kappa shape index (κ3) is 2.44. The van der Waals surface area contributed by atoms with Crippen molar-refractivity contribution >= 4 is 23.2 Å². The predicted molar refractivity (Wildman–Crippen MR) is 51.9 cm³/mol. The van der Waals surface area contributed by atoms with Gasteiger partial charge in [0.15, 0.2) is 0 Å². The lowest BCUT2D eigenvalue weighted by atomic mass is 10.3. The van der Waals surface area contributed by atoms with Crippen LogP contribution in [-0.4, -0.2) is 24.7 Å². The first kappa shape index (κ1) is 10.0. The number of aliphatic hydroxyl groups is 1. The van der Waals surface area contributed by atoms with Gasteiger partial charge in [-0.15, -0.1) is 0 Å². The number of halogens is 1. The Labute approximate surface area is 81.5 Å². The van der Waals surface area contributed by atoms with Gasteiger partial charge in [0.25, 0.3) is 5.91 Å². The molecule has 0 aromatic heterocycles. The van der Waals surface area contributed by atoms with E-state index in [-0.39, 0.29) is 5.91 Å². The number of likely N-dealkylation sites (N-methyl/N-ethyl adjacent to an activating group) is 1. The van der Waals surface area contributed by atoms with Gasteiger partial charge in [-0.25, -0.2) is 0 Å². The molecule has 0 saturated heterocycles. The largest absolute Gasteiger partial charge is 0.387 e. The zero-order valence-corrected chi connectivity index (χ0v) is 7.95. The number of rotatable bonds is 2. The second-order valence-electron chi connectivity index (χ2n) is 2.59. The summed E-state index contributed by atoms with van der Waals surface area (Å²) in [5.41, 5.74) is 0.712. The Morgan fingerprint density at radius 3 is 2.46 bits per heavy atom. The van der Waals surface area contributed by atoms with Gasteiger partial charge in [-0.05, 0) is 24.3 Å². The molecule has 0 aliphatic rings. The molecule has 0 heterocycles. The lowest BCUT2D eigenvalue weighted by Crippen LogP contribution is -2.28. The van der Waals surface area contributed by atoms with Crippen LogP contribution in [0.4, 0.5) is 5.69 Å². The number of hydrogen-bond donors (Lipinski definition) is 1. The Kier molecular flexibility index (Phi) is 3.28. The second kappa shape index (κ2) is 4.25. The molecule has 0 fully saturated rings. The zero-order chi connectivity index (χ0) is 9.84. The zero-order valence-electron chi connectivity index (χ0n) is 7.20. The van der Waals surface area contributed by atoms with Crippen molar-refractivity contribution in [1.29, 1.82) is 0 Å². The molecule has 3 nitrogen and oxygen atoms in total. The molecular weight excluding hydrogens is 190 g/mol. The minimum atomic E-state index is -0.487. The Hall–Kier alpha value is -1.06. The van der Waals surface area contributed by atoms with E-state index in [1.807, 2.05) is 0 Å². The van der Waals surface area contributed by atoms with Crippen LogP contribution < -0.4 is 4.90 Å². The maximum Gasteiger partial charge on any atom is 0.252 e. The molecule has 0 unspecified atom stereocenters. The van der Waals surface area contributed by atoms with Gasteiger partial charge in [0.1, 0.15) is 6.61 Å². The summed E-state index contributed by atoms with van der Waals surface area (Å²) in [6, 6.07) is 6.82. The fraction of sp³-hybridized carbons (Fsp3) is 0.222. The van der Waals surface area contributed by atoms with Crippen LogP contribution in [0.2, 0.25) is 5.02 Å². The molecular formula is C9H10ClNO2. The van der Waals surface area contributed by atoms with E-state index in [0.29, 0.717) is 10.7 Å². The lowest BCUT2D eigenvalue weighted by molar-refractivity contribution is -0.120. The molecule has 1 aromatic rings. The molecule has 0 bridgehead atoms. The maximum absolute atomic E-state index is 11.0. The molecule has 0 atom stereocenters. The highest BCUT2D eigenvalue weighted by Crippen LogP contribution is 2.16. The third-order valence-corrected chi connectivity index (χ3v) is 1.98. The Morgan fingerprint density at radius 1 is 1.46 bits per heavy atom. The van der Waals surface area contributed by atoms with Crippen LogP contribution in [0.5, 0.6) is 0 Å². The number of amides is 1. The molecule has 1 rings (SSSR count). The average molecular weight is 200 g/mol. The number of carbonyl (C=O) groups excluding carboxylic acids is 1. The Balaban J connectivity index is 2.83. The monoisotopic (exact) mass is 199 g/mol. The number of hydrogen-bond acceptors (Lipinski definition) is 2. The molecule has 4 heteroatoms. The van der Waals surface area contributed by atoms with Crippen LogP contribution >= 0.6 is 11.6 Å². The maximum atomic E-state index is 11.0. The van der Waals surface area contributed by atoms with Crippen molar-refractivity contribution in [1.82, 2.24) is 0 Å². The minimum absolute atomic E-state index is 0.345. The first-order valence-electron chi connectivity index (χ1n) is 3.78. The van der Waals surface area contributed by atoms with Crippen molar-refractivity contribution in [3.8, 4) is 0 Å². The summed E-state index contributed by atoms with van der Waals surface area (Å²) >= 11 is 5.68. The number of nitrogens with zero attached hydrogens (tertiary/aromatic N) is 1. The number of carbonyl (C=O) groups is 1. The summed E-state index contributed by atoms with van der Waals surface area (Å²) < 4.78 is 0. The number of benzene rings is 1. The fourth-order valence-electron chi connectivity index (χ4n) is 0.915. The Bertz CT molecular complexity index is 297. The summed E-state index contributed by atoms with van der Waals surface area (Å²) in [4.78, 5) is 12.4. The fourth-order valence-corrected chi connectivity index (χ4v) is 1.04. The molecule has 1 N–H and O–H groups in total. The van der Waals surface area contributed by atoms with Gasteiger partial charge in [-0.3, -0.25) is 4.79 Å². The van der Waals surface area contributed by atoms with Crippen molar-refractivity contribution in [2.45, 2.75) is 0 Å². The average Bonchev–Trinajstić information content (AvgIpc) is 2.17. The van der Waals surface area contributed by atoms with Crippen LogP contribution in [0.25, 0.3) is 0 Å². The smallest absolute Gasteiger partial charge is 0.252 e. The normalized spacial score (nSPS) is 9.77. The van der Waals surface area contributed by atoms with Crippen molar-refractivity contribution in [3.05, 3.63) is 29.3 Å². The molecule has 70 valence electrons. The van der Waals surface area contributed by atoms with Crippen LogP contribution in [0.3, 0.4) is 0 Å². The number of aliphatic hydroxyl groups excluding tert-OH is 1. The highest BCUT2D eigenvalue weighted by atomic mass is 35.5. The van der Waals surface area contributed by atoms with E-state index in [1.54, 1.807) is 31.3 Å². The van der Waals surface area contributed by atoms with E-state index < -0.39 is 6.61 Å². The predicted octanol–water partition coefficient (Wildman–Crippen LogP) is 1.30. The summed E-state index contributed by atoms with van der Waals surface area (Å²) in [7, 11) is 1.60. The van der Waals surface area contributed by atoms with Gasteiger partial charge in [-0.1, -0.05) is 11.6 Å². The first-order chi connectivity index (χ1) is 6.15. The van der Waals surface area contributed by atoms with Gasteiger partial charge in [0.05, 0.1) is 0 Å². The van der Waals surface area contributed by atoms with Crippen LogP contribution in [0, 0.1) is 0 Å². The molecule has 0 aliphatic heterocycles. The van der Waals surface area contributed by atoms with E-state index in [1.165, 1.54) is 4.90 Å². The van der Waals surface area contributed by atoms with Gasteiger partial charge in [-0.2, -0.15) is 0 Å². The van der Waals surface area contributed by atoms with Crippen molar-refractivity contribution < 1.29 is 9.90 Å². The summed E-state index contributed by atoms with van der Waals surface area (Å²) in [5, 5.41) is 9.22. The third-order valence-electron chi connectivity index (χ3n) is 1.72. The lowest BCUT2D eigenvalue weighted by Gasteiger charge is -2.15. The van der Waals surface area contributed by atoms with Gasteiger partial charge < -0.3 is 10.0 Å². The molecule has 1 aromatic carbocycles. The minimum Gasteiger partial charge on any atom is -0.387 e. The van der Waals surface area contributed by atoms with Crippen LogP contribution in [-0.2, 0) is 4.79 Å². The number of anilines is 1. The Morgan fingerprint density at radius 2 is 2.00 bits per heavy atom. The van der Waals surface area contributed by atoms with E-state index in [9.17, 15) is 4.79 Å². The van der Waals surface area contributed by atoms with E-state index in [2.05, 4.69) is 0 Å². The summed E-state index contributed by atoms with van der Waals surface area (Å²) in [5.74, 6) is -0.345. The van der Waals surface area contributed by atoms with Gasteiger partial charge >= 0.3 is 0 Å². The van der Waals surface area contributed by atoms with E-state index >= 15 is 0 Å². The van der Waals surface area contributed by atoms with Crippen LogP contribution in [0.1, 0.15) is 0 Å². The SMILES string of the molecule is CN(C(=O)CO)c1ccc(Cl)cc1. The summed E-state index contributed by atoms with van der Waals surface area (Å²) in [6.45, 7) is -0.487. The second-order valence-corrected chi connectivity index (χ2v) is 3.02. The van der Waals surface area contributed by atoms with Crippen molar-refractivity contribution in [2.24, 2.45) is 0 Å². The molecule has 0 aliphatic carbocycles. The molecule has 0 saturated carbocycles. The van der Waals surface area contributed by atoms with E-state index in [0.717, 1.165) is 0 Å². The molecule has 0 radical (unpaired) electrons. The van der Waals surface area contributed by atoms with Crippen molar-refractivity contribution in [2.75, 3.05) is 18.6 Å².